The summed E-state index contributed by atoms with van der Waals surface area (Å²) in [5.74, 6) is -0.333. The zero-order chi connectivity index (χ0) is 17.8. The van der Waals surface area contributed by atoms with Crippen LogP contribution in [0.5, 0.6) is 0 Å². The van der Waals surface area contributed by atoms with Gasteiger partial charge in [0.1, 0.15) is 0 Å². The summed E-state index contributed by atoms with van der Waals surface area (Å²) in [5, 5.41) is 9.31. The molecule has 5 heteroatoms. The molecule has 1 aliphatic rings. The van der Waals surface area contributed by atoms with Crippen LogP contribution in [0.25, 0.3) is 11.3 Å². The largest absolute Gasteiger partial charge is 0.478 e. The molecule has 0 saturated carbocycles. The van der Waals surface area contributed by atoms with Crippen LogP contribution in [0.4, 0.5) is 0 Å². The fourth-order valence-corrected chi connectivity index (χ4v) is 3.52. The Morgan fingerprint density at radius 3 is 2.76 bits per heavy atom. The van der Waals surface area contributed by atoms with E-state index in [1.807, 2.05) is 6.07 Å². The van der Waals surface area contributed by atoms with Crippen LogP contribution in [0.1, 0.15) is 42.7 Å². The van der Waals surface area contributed by atoms with Crippen molar-refractivity contribution in [3.63, 3.8) is 0 Å². The van der Waals surface area contributed by atoms with E-state index >= 15 is 0 Å². The molecule has 1 fully saturated rings. The van der Waals surface area contributed by atoms with Gasteiger partial charge in [0.25, 0.3) is 0 Å². The molecule has 0 spiro atoms. The number of carbonyl (C=O) groups is 1. The molecule has 1 unspecified atom stereocenters. The Morgan fingerprint density at radius 2 is 2.08 bits per heavy atom. The van der Waals surface area contributed by atoms with Gasteiger partial charge in [-0.25, -0.2) is 4.79 Å². The van der Waals surface area contributed by atoms with Gasteiger partial charge in [0.05, 0.1) is 23.1 Å². The summed E-state index contributed by atoms with van der Waals surface area (Å²) >= 11 is 0. The molecule has 0 amide bonds. The Kier molecular flexibility index (Phi) is 5.43. The minimum atomic E-state index is -0.947. The third-order valence-electron chi connectivity index (χ3n) is 4.92. The van der Waals surface area contributed by atoms with Crippen LogP contribution in [-0.4, -0.2) is 45.1 Å². The molecule has 25 heavy (non-hydrogen) atoms. The molecule has 1 N–H and O–H groups in total. The number of aromatic nitrogens is 2. The van der Waals surface area contributed by atoms with Gasteiger partial charge in [-0.15, -0.1) is 0 Å². The number of aromatic carboxylic acids is 1. The molecular weight excluding hydrogens is 314 g/mol. The number of benzene rings is 1. The molecule has 132 valence electrons. The molecule has 1 aromatic heterocycles. The highest BCUT2D eigenvalue weighted by atomic mass is 16.4. The number of hydrogen-bond donors (Lipinski definition) is 1. The summed E-state index contributed by atoms with van der Waals surface area (Å²) in [6.45, 7) is 6.79. The number of carboxylic acid groups (broad SMARTS) is 1. The zero-order valence-electron chi connectivity index (χ0n) is 14.9. The predicted molar refractivity (Wildman–Crippen MR) is 97.6 cm³/mol. The summed E-state index contributed by atoms with van der Waals surface area (Å²) in [6.07, 6.45) is 6.88. The van der Waals surface area contributed by atoms with Gasteiger partial charge in [-0.3, -0.25) is 9.97 Å². The number of piperidine rings is 1. The highest BCUT2D eigenvalue weighted by molar-refractivity contribution is 5.95. The maximum atomic E-state index is 11.4. The van der Waals surface area contributed by atoms with Crippen LogP contribution in [0.15, 0.2) is 36.7 Å². The lowest BCUT2D eigenvalue weighted by molar-refractivity contribution is 0.0697. The third kappa shape index (κ3) is 4.23. The molecule has 0 radical (unpaired) electrons. The molecule has 1 saturated heterocycles. The van der Waals surface area contributed by atoms with Gasteiger partial charge in [0, 0.05) is 24.3 Å². The van der Waals surface area contributed by atoms with E-state index in [2.05, 4.69) is 28.7 Å². The molecule has 2 aromatic rings. The number of nitrogens with zero attached hydrogens (tertiary/aromatic N) is 3. The number of likely N-dealkylation sites (tertiary alicyclic amines) is 1. The smallest absolute Gasteiger partial charge is 0.336 e. The van der Waals surface area contributed by atoms with E-state index in [4.69, 9.17) is 0 Å². The first-order chi connectivity index (χ1) is 12.0. The van der Waals surface area contributed by atoms with Gasteiger partial charge in [-0.2, -0.15) is 0 Å². The first-order valence-electron chi connectivity index (χ1n) is 8.92. The lowest BCUT2D eigenvalue weighted by atomic mass is 9.93. The second-order valence-corrected chi connectivity index (χ2v) is 7.04. The Labute approximate surface area is 148 Å². The number of carboxylic acids is 1. The quantitative estimate of drug-likeness (QED) is 0.903. The molecule has 5 nitrogen and oxygen atoms in total. The van der Waals surface area contributed by atoms with Crippen LogP contribution < -0.4 is 0 Å². The molecule has 1 aromatic carbocycles. The lowest BCUT2D eigenvalue weighted by Gasteiger charge is -2.35. The summed E-state index contributed by atoms with van der Waals surface area (Å²) in [5.41, 5.74) is 2.45. The van der Waals surface area contributed by atoms with Crippen molar-refractivity contribution < 1.29 is 9.90 Å². The number of hydrogen-bond acceptors (Lipinski definition) is 4. The maximum Gasteiger partial charge on any atom is 0.336 e. The van der Waals surface area contributed by atoms with Gasteiger partial charge in [-0.05, 0) is 51.6 Å². The van der Waals surface area contributed by atoms with Gasteiger partial charge in [0.2, 0.25) is 0 Å². The standard InChI is InChI=1S/C20H25N3O2/c1-14(2)23-9-5-6-15(13-23)10-16-11-22-19(12-21-16)17-7-3-4-8-18(17)20(24)25/h3-4,7-8,11-12,14-15H,5-6,9-10,13H2,1-2H3,(H,24,25). The molecule has 3 rings (SSSR count). The maximum absolute atomic E-state index is 11.4. The van der Waals surface area contributed by atoms with Gasteiger partial charge in [-0.1, -0.05) is 18.2 Å². The van der Waals surface area contributed by atoms with Crippen molar-refractivity contribution in [2.24, 2.45) is 5.92 Å². The minimum absolute atomic E-state index is 0.254. The van der Waals surface area contributed by atoms with Crippen LogP contribution in [0.3, 0.4) is 0 Å². The van der Waals surface area contributed by atoms with Crippen molar-refractivity contribution >= 4 is 5.97 Å². The Morgan fingerprint density at radius 1 is 1.28 bits per heavy atom. The van der Waals surface area contributed by atoms with E-state index in [1.165, 1.54) is 19.4 Å². The van der Waals surface area contributed by atoms with Crippen molar-refractivity contribution in [1.82, 2.24) is 14.9 Å². The van der Waals surface area contributed by atoms with E-state index in [-0.39, 0.29) is 5.56 Å². The topological polar surface area (TPSA) is 66.3 Å². The first-order valence-corrected chi connectivity index (χ1v) is 8.92. The molecule has 0 bridgehead atoms. The highest BCUT2D eigenvalue weighted by Gasteiger charge is 2.22. The Hall–Kier alpha value is -2.27. The average Bonchev–Trinajstić information content (AvgIpc) is 2.62. The third-order valence-corrected chi connectivity index (χ3v) is 4.92. The molecule has 1 aliphatic heterocycles. The normalized spacial score (nSPS) is 18.4. The van der Waals surface area contributed by atoms with E-state index in [0.717, 1.165) is 18.7 Å². The van der Waals surface area contributed by atoms with Gasteiger partial charge in [0.15, 0.2) is 0 Å². The summed E-state index contributed by atoms with van der Waals surface area (Å²) in [4.78, 5) is 22.9. The fraction of sp³-hybridized carbons (Fsp3) is 0.450. The van der Waals surface area contributed by atoms with Gasteiger partial charge < -0.3 is 10.0 Å². The minimum Gasteiger partial charge on any atom is -0.478 e. The SMILES string of the molecule is CC(C)N1CCCC(Cc2cnc(-c3ccccc3C(=O)O)cn2)C1. The molecular formula is C20H25N3O2. The lowest BCUT2D eigenvalue weighted by Crippen LogP contribution is -2.40. The van der Waals surface area contributed by atoms with Crippen molar-refractivity contribution in [3.05, 3.63) is 47.9 Å². The van der Waals surface area contributed by atoms with E-state index in [1.54, 1.807) is 30.6 Å². The molecule has 0 aliphatic carbocycles. The van der Waals surface area contributed by atoms with Crippen molar-refractivity contribution in [1.29, 1.82) is 0 Å². The number of rotatable bonds is 5. The van der Waals surface area contributed by atoms with E-state index in [0.29, 0.717) is 23.2 Å². The monoisotopic (exact) mass is 339 g/mol. The van der Waals surface area contributed by atoms with Crippen LogP contribution in [0.2, 0.25) is 0 Å². The van der Waals surface area contributed by atoms with Crippen LogP contribution >= 0.6 is 0 Å². The molecule has 2 heterocycles. The van der Waals surface area contributed by atoms with E-state index < -0.39 is 5.97 Å². The Bertz CT molecular complexity index is 728. The molecule has 1 atom stereocenters. The highest BCUT2D eigenvalue weighted by Crippen LogP contribution is 2.24. The Balaban J connectivity index is 1.72. The summed E-state index contributed by atoms with van der Waals surface area (Å²) < 4.78 is 0. The first kappa shape index (κ1) is 17.5. The van der Waals surface area contributed by atoms with Crippen LogP contribution in [-0.2, 0) is 6.42 Å². The van der Waals surface area contributed by atoms with Crippen LogP contribution in [0, 0.1) is 5.92 Å². The van der Waals surface area contributed by atoms with Crippen molar-refractivity contribution in [2.45, 2.75) is 39.2 Å². The van der Waals surface area contributed by atoms with Crippen molar-refractivity contribution in [2.75, 3.05) is 13.1 Å². The zero-order valence-corrected chi connectivity index (χ0v) is 14.9. The van der Waals surface area contributed by atoms with E-state index in [9.17, 15) is 9.90 Å². The summed E-state index contributed by atoms with van der Waals surface area (Å²) in [7, 11) is 0. The summed E-state index contributed by atoms with van der Waals surface area (Å²) in [6, 6.07) is 7.49. The average molecular weight is 339 g/mol. The fourth-order valence-electron chi connectivity index (χ4n) is 3.52. The second kappa shape index (κ2) is 7.74. The second-order valence-electron chi connectivity index (χ2n) is 7.04. The van der Waals surface area contributed by atoms with Crippen molar-refractivity contribution in [3.8, 4) is 11.3 Å². The van der Waals surface area contributed by atoms with Gasteiger partial charge >= 0.3 is 5.97 Å². The predicted octanol–water partition coefficient (Wildman–Crippen LogP) is 3.50.